The Bertz CT molecular complexity index is 430. The molecule has 1 aromatic rings. The Morgan fingerprint density at radius 2 is 2.11 bits per heavy atom. The Morgan fingerprint density at radius 1 is 1.37 bits per heavy atom. The van der Waals surface area contributed by atoms with Gasteiger partial charge in [0.25, 0.3) is 0 Å². The number of ether oxygens (including phenoxy) is 1. The third-order valence-corrected chi connectivity index (χ3v) is 3.44. The average Bonchev–Trinajstić information content (AvgIpc) is 2.44. The smallest absolute Gasteiger partial charge is 0.226 e. The summed E-state index contributed by atoms with van der Waals surface area (Å²) in [6.45, 7) is 4.55. The molecule has 2 atom stereocenters. The molecule has 0 radical (unpaired) electrons. The lowest BCUT2D eigenvalue weighted by atomic mass is 9.91. The summed E-state index contributed by atoms with van der Waals surface area (Å²) in [5, 5.41) is 11.8. The van der Waals surface area contributed by atoms with Gasteiger partial charge in [0.1, 0.15) is 0 Å². The maximum atomic E-state index is 11.8. The quantitative estimate of drug-likeness (QED) is 0.605. The molecule has 0 spiro atoms. The SMILES string of the molecule is CCCCO[C@@H]1C[C@H](c2ccccc2)C(C)=[N+]([O-])O1. The molecule has 104 valence electrons. The van der Waals surface area contributed by atoms with E-state index in [0.717, 1.165) is 18.4 Å². The van der Waals surface area contributed by atoms with Crippen LogP contribution in [0.5, 0.6) is 0 Å². The minimum Gasteiger partial charge on any atom is -0.372 e. The monoisotopic (exact) mass is 263 g/mol. The molecule has 0 saturated heterocycles. The number of nitrogens with zero attached hydrogens (tertiary/aromatic N) is 1. The lowest BCUT2D eigenvalue weighted by molar-refractivity contribution is -0.772. The van der Waals surface area contributed by atoms with E-state index in [9.17, 15) is 5.21 Å². The highest BCUT2D eigenvalue weighted by molar-refractivity contribution is 5.84. The van der Waals surface area contributed by atoms with Crippen LogP contribution >= 0.6 is 0 Å². The highest BCUT2D eigenvalue weighted by atomic mass is 16.9. The molecule has 0 N–H and O–H groups in total. The largest absolute Gasteiger partial charge is 0.372 e. The van der Waals surface area contributed by atoms with Crippen molar-refractivity contribution in [3.63, 3.8) is 0 Å². The van der Waals surface area contributed by atoms with Gasteiger partial charge in [0.15, 0.2) is 6.29 Å². The van der Waals surface area contributed by atoms with E-state index in [4.69, 9.17) is 9.57 Å². The highest BCUT2D eigenvalue weighted by Crippen LogP contribution is 2.28. The molecule has 0 amide bonds. The van der Waals surface area contributed by atoms with Crippen molar-refractivity contribution in [2.24, 2.45) is 0 Å². The zero-order chi connectivity index (χ0) is 13.7. The van der Waals surface area contributed by atoms with Gasteiger partial charge in [-0.25, -0.2) is 0 Å². The van der Waals surface area contributed by atoms with Gasteiger partial charge in [-0.1, -0.05) is 43.7 Å². The van der Waals surface area contributed by atoms with Crippen LogP contribution in [0.2, 0.25) is 0 Å². The zero-order valence-corrected chi connectivity index (χ0v) is 11.5. The van der Waals surface area contributed by atoms with Crippen molar-refractivity contribution in [2.75, 3.05) is 6.61 Å². The van der Waals surface area contributed by atoms with Gasteiger partial charge in [0, 0.05) is 24.9 Å². The second-order valence-electron chi connectivity index (χ2n) is 4.86. The summed E-state index contributed by atoms with van der Waals surface area (Å²) < 4.78 is 5.62. The van der Waals surface area contributed by atoms with Gasteiger partial charge in [0.05, 0.1) is 5.92 Å². The van der Waals surface area contributed by atoms with Crippen molar-refractivity contribution < 1.29 is 14.5 Å². The second kappa shape index (κ2) is 6.57. The molecule has 0 fully saturated rings. The van der Waals surface area contributed by atoms with Crippen molar-refractivity contribution in [1.82, 2.24) is 0 Å². The van der Waals surface area contributed by atoms with E-state index in [1.165, 1.54) is 0 Å². The van der Waals surface area contributed by atoms with Crippen LogP contribution in [0.15, 0.2) is 30.3 Å². The van der Waals surface area contributed by atoms with Gasteiger partial charge < -0.3 is 9.57 Å². The number of hydrogen-bond donors (Lipinski definition) is 0. The molecular weight excluding hydrogens is 242 g/mol. The van der Waals surface area contributed by atoms with Gasteiger partial charge >= 0.3 is 0 Å². The molecule has 0 unspecified atom stereocenters. The summed E-state index contributed by atoms with van der Waals surface area (Å²) in [6.07, 6.45) is 2.30. The van der Waals surface area contributed by atoms with Crippen LogP contribution in [-0.4, -0.2) is 23.5 Å². The Labute approximate surface area is 114 Å². The van der Waals surface area contributed by atoms with E-state index in [-0.39, 0.29) is 5.92 Å². The van der Waals surface area contributed by atoms with E-state index >= 15 is 0 Å². The first-order chi connectivity index (χ1) is 9.22. The average molecular weight is 263 g/mol. The van der Waals surface area contributed by atoms with Crippen LogP contribution < -0.4 is 0 Å². The molecule has 19 heavy (non-hydrogen) atoms. The van der Waals surface area contributed by atoms with E-state index in [1.807, 2.05) is 37.3 Å². The standard InChI is InChI=1S/C15H21NO3/c1-3-4-10-18-15-11-14(12(2)16(17)19-15)13-8-6-5-7-9-13/h5-9,14-15H,3-4,10-11H2,1-2H3/t14-,15-/m0/s1. The molecule has 1 aliphatic rings. The molecule has 0 aliphatic carbocycles. The normalized spacial score (nSPS) is 23.3. The lowest BCUT2D eigenvalue weighted by Crippen LogP contribution is -2.36. The number of unbranched alkanes of at least 4 members (excludes halogenated alkanes) is 1. The highest BCUT2D eigenvalue weighted by Gasteiger charge is 2.32. The van der Waals surface area contributed by atoms with Crippen LogP contribution in [0.25, 0.3) is 0 Å². The fourth-order valence-corrected chi connectivity index (χ4v) is 2.24. The molecular formula is C15H21NO3. The van der Waals surface area contributed by atoms with E-state index < -0.39 is 6.29 Å². The summed E-state index contributed by atoms with van der Waals surface area (Å²) >= 11 is 0. The molecule has 0 aromatic heterocycles. The maximum Gasteiger partial charge on any atom is 0.226 e. The Morgan fingerprint density at radius 3 is 2.79 bits per heavy atom. The lowest BCUT2D eigenvalue weighted by Gasteiger charge is -2.29. The molecule has 2 rings (SSSR count). The second-order valence-corrected chi connectivity index (χ2v) is 4.86. The molecule has 4 heteroatoms. The molecule has 1 aromatic carbocycles. The minimum atomic E-state index is -0.446. The minimum absolute atomic E-state index is 0.0686. The maximum absolute atomic E-state index is 11.8. The summed E-state index contributed by atoms with van der Waals surface area (Å²) in [5.74, 6) is 0.0686. The van der Waals surface area contributed by atoms with E-state index in [0.29, 0.717) is 23.6 Å². The summed E-state index contributed by atoms with van der Waals surface area (Å²) in [6, 6.07) is 10.0. The zero-order valence-electron chi connectivity index (χ0n) is 11.5. The Balaban J connectivity index is 2.08. The Kier molecular flexibility index (Phi) is 4.80. The third kappa shape index (κ3) is 3.47. The van der Waals surface area contributed by atoms with Crippen LogP contribution in [0.1, 0.15) is 44.6 Å². The fraction of sp³-hybridized carbons (Fsp3) is 0.533. The molecule has 4 nitrogen and oxygen atoms in total. The summed E-state index contributed by atoms with van der Waals surface area (Å²) in [4.78, 5) is 5.82. The predicted octanol–water partition coefficient (Wildman–Crippen LogP) is 3.22. The van der Waals surface area contributed by atoms with E-state index in [2.05, 4.69) is 6.92 Å². The van der Waals surface area contributed by atoms with Crippen LogP contribution in [0, 0.1) is 5.21 Å². The van der Waals surface area contributed by atoms with Crippen molar-refractivity contribution in [3.05, 3.63) is 41.1 Å². The first kappa shape index (κ1) is 13.9. The molecule has 1 aliphatic heterocycles. The van der Waals surface area contributed by atoms with Gasteiger partial charge in [-0.05, 0) is 12.0 Å². The van der Waals surface area contributed by atoms with Crippen LogP contribution in [-0.2, 0) is 9.57 Å². The number of rotatable bonds is 5. The topological polar surface area (TPSA) is 44.5 Å². The Hall–Kier alpha value is -1.55. The fourth-order valence-electron chi connectivity index (χ4n) is 2.24. The first-order valence-electron chi connectivity index (χ1n) is 6.86. The van der Waals surface area contributed by atoms with Gasteiger partial charge in [-0.15, -0.1) is 0 Å². The number of benzene rings is 1. The van der Waals surface area contributed by atoms with Gasteiger partial charge in [0.2, 0.25) is 5.71 Å². The van der Waals surface area contributed by atoms with Gasteiger partial charge in [-0.3, -0.25) is 5.21 Å². The summed E-state index contributed by atoms with van der Waals surface area (Å²) in [7, 11) is 0. The first-order valence-corrected chi connectivity index (χ1v) is 6.86. The van der Waals surface area contributed by atoms with Crippen LogP contribution in [0.3, 0.4) is 0 Å². The third-order valence-electron chi connectivity index (χ3n) is 3.44. The number of hydrogen-bond acceptors (Lipinski definition) is 3. The predicted molar refractivity (Wildman–Crippen MR) is 73.8 cm³/mol. The summed E-state index contributed by atoms with van der Waals surface area (Å²) in [5.41, 5.74) is 1.81. The van der Waals surface area contributed by atoms with Crippen molar-refractivity contribution >= 4 is 5.71 Å². The van der Waals surface area contributed by atoms with Crippen molar-refractivity contribution in [2.45, 2.75) is 45.3 Å². The molecule has 1 heterocycles. The van der Waals surface area contributed by atoms with E-state index in [1.54, 1.807) is 0 Å². The van der Waals surface area contributed by atoms with Crippen LogP contribution in [0.4, 0.5) is 0 Å². The molecule has 0 bridgehead atoms. The van der Waals surface area contributed by atoms with Gasteiger partial charge in [-0.2, -0.15) is 0 Å². The van der Waals surface area contributed by atoms with Crippen molar-refractivity contribution in [1.29, 1.82) is 0 Å². The molecule has 0 saturated carbocycles. The van der Waals surface area contributed by atoms with Crippen molar-refractivity contribution in [3.8, 4) is 0 Å².